The highest BCUT2D eigenvalue weighted by Crippen LogP contribution is 2.61. The lowest BCUT2D eigenvalue weighted by atomic mass is 9.77. The molecule has 1 aromatic rings. The minimum absolute atomic E-state index is 0.209. The highest BCUT2D eigenvalue weighted by Gasteiger charge is 2.55. The van der Waals surface area contributed by atoms with Gasteiger partial charge in [-0.3, -0.25) is 0 Å². The van der Waals surface area contributed by atoms with Gasteiger partial charge in [0.05, 0.1) is 11.5 Å². The van der Waals surface area contributed by atoms with Crippen molar-refractivity contribution < 1.29 is 0 Å². The molecule has 0 spiro atoms. The van der Waals surface area contributed by atoms with Gasteiger partial charge in [0.25, 0.3) is 0 Å². The molecule has 1 heteroatoms. The quantitative estimate of drug-likeness (QED) is 0.681. The third-order valence-corrected chi connectivity index (χ3v) is 5.51. The van der Waals surface area contributed by atoms with Crippen LogP contribution in [0.5, 0.6) is 0 Å². The topological polar surface area (TPSA) is 23.8 Å². The normalized spacial score (nSPS) is 43.9. The van der Waals surface area contributed by atoms with Gasteiger partial charge in [0.15, 0.2) is 0 Å². The second-order valence-electron chi connectivity index (χ2n) is 6.24. The zero-order valence-corrected chi connectivity index (χ0v) is 10.4. The molecule has 4 atom stereocenters. The van der Waals surface area contributed by atoms with Crippen LogP contribution in [0.25, 0.3) is 0 Å². The van der Waals surface area contributed by atoms with E-state index in [1.807, 2.05) is 6.07 Å². The minimum atomic E-state index is -0.209. The molecule has 2 saturated carbocycles. The molecule has 2 bridgehead atoms. The number of nitriles is 1. The molecule has 3 aliphatic rings. The van der Waals surface area contributed by atoms with Crippen LogP contribution in [0.15, 0.2) is 42.5 Å². The highest BCUT2D eigenvalue weighted by atomic mass is 14.6. The van der Waals surface area contributed by atoms with Crippen LogP contribution in [0.2, 0.25) is 0 Å². The Bertz CT molecular complexity index is 516. The maximum absolute atomic E-state index is 9.75. The molecule has 0 radical (unpaired) electrons. The van der Waals surface area contributed by atoms with Gasteiger partial charge >= 0.3 is 0 Å². The van der Waals surface area contributed by atoms with Crippen LogP contribution in [-0.4, -0.2) is 0 Å². The van der Waals surface area contributed by atoms with Crippen molar-refractivity contribution in [2.75, 3.05) is 0 Å². The van der Waals surface area contributed by atoms with E-state index < -0.39 is 0 Å². The molecule has 18 heavy (non-hydrogen) atoms. The van der Waals surface area contributed by atoms with Crippen LogP contribution in [0, 0.1) is 35.0 Å². The largest absolute Gasteiger partial charge is 0.197 e. The van der Waals surface area contributed by atoms with Gasteiger partial charge in [0.1, 0.15) is 0 Å². The second-order valence-corrected chi connectivity index (χ2v) is 6.24. The summed E-state index contributed by atoms with van der Waals surface area (Å²) in [6, 6.07) is 13.1. The van der Waals surface area contributed by atoms with Gasteiger partial charge in [-0.1, -0.05) is 42.5 Å². The lowest BCUT2D eigenvalue weighted by Gasteiger charge is -2.23. The molecule has 1 nitrogen and oxygen atoms in total. The van der Waals surface area contributed by atoms with E-state index in [-0.39, 0.29) is 5.41 Å². The number of benzene rings is 1. The lowest BCUT2D eigenvalue weighted by Crippen LogP contribution is -2.21. The summed E-state index contributed by atoms with van der Waals surface area (Å²) in [4.78, 5) is 0. The molecule has 3 aliphatic carbocycles. The van der Waals surface area contributed by atoms with Crippen molar-refractivity contribution in [1.82, 2.24) is 0 Å². The Hall–Kier alpha value is -1.55. The molecular formula is C17H17N. The average molecular weight is 235 g/mol. The van der Waals surface area contributed by atoms with Crippen molar-refractivity contribution in [3.63, 3.8) is 0 Å². The molecule has 1 aromatic carbocycles. The first kappa shape index (κ1) is 10.4. The summed E-state index contributed by atoms with van der Waals surface area (Å²) in [6.07, 6.45) is 8.31. The summed E-state index contributed by atoms with van der Waals surface area (Å²) in [5.41, 5.74) is 1.03. The molecule has 0 aliphatic heterocycles. The molecule has 90 valence electrons. The molecular weight excluding hydrogens is 218 g/mol. The first-order valence-corrected chi connectivity index (χ1v) is 6.97. The van der Waals surface area contributed by atoms with E-state index in [2.05, 4.69) is 42.5 Å². The Morgan fingerprint density at radius 3 is 2.17 bits per heavy atom. The summed E-state index contributed by atoms with van der Waals surface area (Å²) in [7, 11) is 0. The molecule has 0 heterocycles. The number of nitrogens with zero attached hydrogens (tertiary/aromatic N) is 1. The van der Waals surface area contributed by atoms with E-state index in [4.69, 9.17) is 0 Å². The Morgan fingerprint density at radius 1 is 1.00 bits per heavy atom. The van der Waals surface area contributed by atoms with Crippen LogP contribution in [0.1, 0.15) is 24.8 Å². The van der Waals surface area contributed by atoms with Gasteiger partial charge < -0.3 is 0 Å². The molecule has 2 fully saturated rings. The van der Waals surface area contributed by atoms with Gasteiger partial charge in [-0.05, 0) is 48.5 Å². The lowest BCUT2D eigenvalue weighted by molar-refractivity contribution is 0.364. The number of hydrogen-bond acceptors (Lipinski definition) is 1. The first-order valence-electron chi connectivity index (χ1n) is 6.97. The van der Waals surface area contributed by atoms with Gasteiger partial charge in [-0.15, -0.1) is 0 Å². The maximum Gasteiger partial charge on any atom is 0.0828 e. The molecule has 0 aromatic heterocycles. The zero-order valence-electron chi connectivity index (χ0n) is 10.4. The predicted octanol–water partition coefficient (Wildman–Crippen LogP) is 3.68. The number of fused-ring (bicyclic) bond motifs is 5. The summed E-state index contributed by atoms with van der Waals surface area (Å²) in [5.74, 6) is 3.05. The van der Waals surface area contributed by atoms with Gasteiger partial charge in [-0.25, -0.2) is 0 Å². The van der Waals surface area contributed by atoms with Crippen molar-refractivity contribution in [2.24, 2.45) is 23.7 Å². The fourth-order valence-electron chi connectivity index (χ4n) is 4.67. The standard InChI is InChI=1S/C17H17N/c18-11-17(14-4-2-1-3-5-14)9-15-12-6-7-13(8-12)16(15)10-17/h1-7,12-13,15-16H,8-10H2. The first-order chi connectivity index (χ1) is 8.82. The SMILES string of the molecule is N#CC1(c2ccccc2)CC2C3C=CC(C3)C2C1. The fraction of sp³-hybridized carbons (Fsp3) is 0.471. The van der Waals surface area contributed by atoms with E-state index >= 15 is 0 Å². The molecule has 4 rings (SSSR count). The van der Waals surface area contributed by atoms with Crippen LogP contribution >= 0.6 is 0 Å². The van der Waals surface area contributed by atoms with E-state index in [9.17, 15) is 5.26 Å². The zero-order chi connectivity index (χ0) is 12.2. The fourth-order valence-corrected chi connectivity index (χ4v) is 4.67. The molecule has 4 unspecified atom stereocenters. The molecule has 0 N–H and O–H groups in total. The van der Waals surface area contributed by atoms with E-state index in [0.717, 1.165) is 36.5 Å². The van der Waals surface area contributed by atoms with E-state index in [1.165, 1.54) is 12.0 Å². The van der Waals surface area contributed by atoms with Crippen LogP contribution in [-0.2, 0) is 5.41 Å². The van der Waals surface area contributed by atoms with Crippen molar-refractivity contribution in [1.29, 1.82) is 5.26 Å². The monoisotopic (exact) mass is 235 g/mol. The summed E-state index contributed by atoms with van der Waals surface area (Å²) < 4.78 is 0. The third kappa shape index (κ3) is 1.21. The van der Waals surface area contributed by atoms with E-state index in [0.29, 0.717) is 0 Å². The maximum atomic E-state index is 9.75. The van der Waals surface area contributed by atoms with E-state index in [1.54, 1.807) is 0 Å². The molecule has 0 saturated heterocycles. The number of rotatable bonds is 1. The third-order valence-electron chi connectivity index (χ3n) is 5.51. The highest BCUT2D eigenvalue weighted by molar-refractivity contribution is 5.36. The second kappa shape index (κ2) is 3.48. The summed E-state index contributed by atoms with van der Waals surface area (Å²) in [5, 5.41) is 9.75. The van der Waals surface area contributed by atoms with Gasteiger partial charge in [0.2, 0.25) is 0 Å². The van der Waals surface area contributed by atoms with Gasteiger partial charge in [-0.2, -0.15) is 5.26 Å². The van der Waals surface area contributed by atoms with Gasteiger partial charge in [0, 0.05) is 0 Å². The minimum Gasteiger partial charge on any atom is -0.197 e. The van der Waals surface area contributed by atoms with Crippen molar-refractivity contribution in [3.8, 4) is 6.07 Å². The Balaban J connectivity index is 1.72. The predicted molar refractivity (Wildman–Crippen MR) is 70.7 cm³/mol. The van der Waals surface area contributed by atoms with Crippen molar-refractivity contribution in [3.05, 3.63) is 48.0 Å². The van der Waals surface area contributed by atoms with Crippen LogP contribution < -0.4 is 0 Å². The summed E-state index contributed by atoms with van der Waals surface area (Å²) in [6.45, 7) is 0. The molecule has 0 amide bonds. The average Bonchev–Trinajstić information content (AvgIpc) is 3.11. The number of hydrogen-bond donors (Lipinski definition) is 0. The van der Waals surface area contributed by atoms with Crippen molar-refractivity contribution >= 4 is 0 Å². The smallest absolute Gasteiger partial charge is 0.0828 e. The Labute approximate surface area is 108 Å². The van der Waals surface area contributed by atoms with Crippen molar-refractivity contribution in [2.45, 2.75) is 24.7 Å². The Kier molecular flexibility index (Phi) is 2.01. The summed E-state index contributed by atoms with van der Waals surface area (Å²) >= 11 is 0. The Morgan fingerprint density at radius 2 is 1.61 bits per heavy atom. The van der Waals surface area contributed by atoms with Crippen LogP contribution in [0.4, 0.5) is 0 Å². The number of allylic oxidation sites excluding steroid dienone is 2. The van der Waals surface area contributed by atoms with Crippen LogP contribution in [0.3, 0.4) is 0 Å².